The Morgan fingerprint density at radius 2 is 1.85 bits per heavy atom. The lowest BCUT2D eigenvalue weighted by Gasteiger charge is -2.19. The van der Waals surface area contributed by atoms with Crippen LogP contribution in [-0.2, 0) is 9.53 Å². The first-order valence-electron chi connectivity index (χ1n) is 6.13. The molecule has 0 heterocycles. The number of carbonyl (C=O) groups excluding carboxylic acids is 1. The molecule has 0 aromatic heterocycles. The van der Waals surface area contributed by atoms with Gasteiger partial charge in [0.15, 0.2) is 0 Å². The zero-order chi connectivity index (χ0) is 15.3. The van der Waals surface area contributed by atoms with Gasteiger partial charge in [-0.2, -0.15) is 0 Å². The molecule has 0 aliphatic heterocycles. The van der Waals surface area contributed by atoms with Gasteiger partial charge in [-0.3, -0.25) is 10.1 Å². The van der Waals surface area contributed by atoms with E-state index in [0.717, 1.165) is 0 Å². The van der Waals surface area contributed by atoms with Crippen LogP contribution in [0.4, 0.5) is 10.5 Å². The Balaban J connectivity index is 2.63. The van der Waals surface area contributed by atoms with Crippen LogP contribution in [0, 0.1) is 0 Å². The lowest BCUT2D eigenvalue weighted by atomic mass is 10.1. The third kappa shape index (κ3) is 5.93. The molecule has 110 valence electrons. The molecule has 0 bridgehead atoms. The molecule has 1 atom stereocenters. The quantitative estimate of drug-likeness (QED) is 0.829. The van der Waals surface area contributed by atoms with Crippen molar-refractivity contribution in [2.24, 2.45) is 0 Å². The third-order valence-corrected chi connectivity index (χ3v) is 2.68. The van der Waals surface area contributed by atoms with Gasteiger partial charge in [0.2, 0.25) is 0 Å². The second kappa shape index (κ2) is 6.61. The van der Waals surface area contributed by atoms with E-state index in [2.05, 4.69) is 5.32 Å². The molecule has 1 aromatic carbocycles. The van der Waals surface area contributed by atoms with Crippen molar-refractivity contribution < 1.29 is 19.4 Å². The van der Waals surface area contributed by atoms with Gasteiger partial charge in [-0.15, -0.1) is 11.6 Å². The number of halogens is 1. The minimum atomic E-state index is -0.957. The Bertz CT molecular complexity index is 479. The zero-order valence-corrected chi connectivity index (χ0v) is 12.4. The summed E-state index contributed by atoms with van der Waals surface area (Å²) in [5, 5.41) is 10.7. The molecule has 0 aliphatic rings. The lowest BCUT2D eigenvalue weighted by Crippen LogP contribution is -2.27. The highest BCUT2D eigenvalue weighted by Crippen LogP contribution is 2.25. The summed E-state index contributed by atoms with van der Waals surface area (Å²) in [5.41, 5.74) is 0.679. The highest BCUT2D eigenvalue weighted by atomic mass is 35.5. The van der Waals surface area contributed by atoms with E-state index in [1.165, 1.54) is 0 Å². The molecule has 20 heavy (non-hydrogen) atoms. The molecule has 0 radical (unpaired) electrons. The van der Waals surface area contributed by atoms with Crippen LogP contribution in [0.5, 0.6) is 0 Å². The molecule has 6 heteroatoms. The first kappa shape index (κ1) is 16.3. The van der Waals surface area contributed by atoms with E-state index in [-0.39, 0.29) is 6.42 Å². The topological polar surface area (TPSA) is 75.6 Å². The molecular weight excluding hydrogens is 282 g/mol. The van der Waals surface area contributed by atoms with Crippen LogP contribution in [-0.4, -0.2) is 22.8 Å². The summed E-state index contributed by atoms with van der Waals surface area (Å²) >= 11 is 5.95. The molecule has 1 unspecified atom stereocenters. The number of anilines is 1. The summed E-state index contributed by atoms with van der Waals surface area (Å²) in [6, 6.07) is 6.65. The number of carboxylic acids is 1. The molecule has 1 aromatic rings. The predicted octanol–water partition coefficient (Wildman–Crippen LogP) is 3.79. The van der Waals surface area contributed by atoms with Gasteiger partial charge in [-0.05, 0) is 38.5 Å². The Hall–Kier alpha value is -1.75. The van der Waals surface area contributed by atoms with E-state index in [0.29, 0.717) is 11.3 Å². The monoisotopic (exact) mass is 299 g/mol. The van der Waals surface area contributed by atoms with E-state index in [9.17, 15) is 9.59 Å². The third-order valence-electron chi connectivity index (χ3n) is 2.27. The van der Waals surface area contributed by atoms with Crippen molar-refractivity contribution in [3.05, 3.63) is 29.8 Å². The minimum absolute atomic E-state index is 0.152. The Kier molecular flexibility index (Phi) is 5.39. The molecule has 0 spiro atoms. The summed E-state index contributed by atoms with van der Waals surface area (Å²) in [6.45, 7) is 5.33. The largest absolute Gasteiger partial charge is 0.481 e. The number of hydrogen-bond acceptors (Lipinski definition) is 3. The fourth-order valence-electron chi connectivity index (χ4n) is 1.47. The normalized spacial score (nSPS) is 12.6. The van der Waals surface area contributed by atoms with Crippen molar-refractivity contribution in [2.75, 3.05) is 5.32 Å². The van der Waals surface area contributed by atoms with Crippen LogP contribution in [0.2, 0.25) is 0 Å². The van der Waals surface area contributed by atoms with Gasteiger partial charge < -0.3 is 9.84 Å². The van der Waals surface area contributed by atoms with Crippen molar-refractivity contribution in [1.29, 1.82) is 0 Å². The van der Waals surface area contributed by atoms with E-state index >= 15 is 0 Å². The van der Waals surface area contributed by atoms with Crippen molar-refractivity contribution in [1.82, 2.24) is 0 Å². The fraction of sp³-hybridized carbons (Fsp3) is 0.429. The number of hydrogen-bond donors (Lipinski definition) is 2. The molecule has 2 N–H and O–H groups in total. The van der Waals surface area contributed by atoms with Crippen molar-refractivity contribution in [3.8, 4) is 0 Å². The lowest BCUT2D eigenvalue weighted by molar-refractivity contribution is -0.137. The van der Waals surface area contributed by atoms with Crippen molar-refractivity contribution >= 4 is 29.4 Å². The number of ether oxygens (including phenoxy) is 1. The second-order valence-electron chi connectivity index (χ2n) is 5.31. The number of amides is 1. The standard InChI is InChI=1S/C14H18ClNO4/c1-14(2,3)20-13(19)16-10-6-4-9(5-7-10)11(15)8-12(17)18/h4-7,11H,8H2,1-3H3,(H,16,19)(H,17,18). The van der Waals surface area contributed by atoms with Crippen LogP contribution in [0.25, 0.3) is 0 Å². The summed E-state index contributed by atoms with van der Waals surface area (Å²) in [4.78, 5) is 22.1. The van der Waals surface area contributed by atoms with Gasteiger partial charge in [0.1, 0.15) is 5.60 Å². The smallest absolute Gasteiger partial charge is 0.412 e. The van der Waals surface area contributed by atoms with Crippen LogP contribution in [0.3, 0.4) is 0 Å². The predicted molar refractivity (Wildman–Crippen MR) is 77.1 cm³/mol. The van der Waals surface area contributed by atoms with Gasteiger partial charge in [-0.25, -0.2) is 4.79 Å². The number of benzene rings is 1. The number of carboxylic acid groups (broad SMARTS) is 1. The maximum Gasteiger partial charge on any atom is 0.412 e. The highest BCUT2D eigenvalue weighted by molar-refractivity contribution is 6.21. The van der Waals surface area contributed by atoms with Crippen LogP contribution in [0.15, 0.2) is 24.3 Å². The van der Waals surface area contributed by atoms with Gasteiger partial charge in [0, 0.05) is 5.69 Å². The van der Waals surface area contributed by atoms with E-state index in [1.807, 2.05) is 0 Å². The maximum absolute atomic E-state index is 11.6. The van der Waals surface area contributed by atoms with Gasteiger partial charge in [-0.1, -0.05) is 12.1 Å². The molecule has 0 aliphatic carbocycles. The van der Waals surface area contributed by atoms with E-state index in [1.54, 1.807) is 45.0 Å². The van der Waals surface area contributed by atoms with Crippen LogP contribution in [0.1, 0.15) is 38.1 Å². The summed E-state index contributed by atoms with van der Waals surface area (Å²) < 4.78 is 5.12. The van der Waals surface area contributed by atoms with E-state index < -0.39 is 23.0 Å². The average Bonchev–Trinajstić information content (AvgIpc) is 2.26. The molecule has 1 amide bonds. The number of rotatable bonds is 4. The Labute approximate surface area is 122 Å². The number of alkyl halides is 1. The zero-order valence-electron chi connectivity index (χ0n) is 11.6. The number of aliphatic carboxylic acids is 1. The van der Waals surface area contributed by atoms with Crippen molar-refractivity contribution in [2.45, 2.75) is 38.2 Å². The first-order valence-corrected chi connectivity index (χ1v) is 6.57. The van der Waals surface area contributed by atoms with Gasteiger partial charge >= 0.3 is 12.1 Å². The molecule has 0 saturated carbocycles. The minimum Gasteiger partial charge on any atom is -0.481 e. The molecule has 0 fully saturated rings. The second-order valence-corrected chi connectivity index (χ2v) is 5.84. The van der Waals surface area contributed by atoms with Crippen molar-refractivity contribution in [3.63, 3.8) is 0 Å². The molecule has 0 saturated heterocycles. The Morgan fingerprint density at radius 1 is 1.30 bits per heavy atom. The first-order chi connectivity index (χ1) is 9.17. The van der Waals surface area contributed by atoms with E-state index in [4.69, 9.17) is 21.4 Å². The fourth-order valence-corrected chi connectivity index (χ4v) is 1.75. The van der Waals surface area contributed by atoms with Crippen LogP contribution >= 0.6 is 11.6 Å². The van der Waals surface area contributed by atoms with Crippen LogP contribution < -0.4 is 5.32 Å². The molecule has 1 rings (SSSR count). The van der Waals surface area contributed by atoms with Gasteiger partial charge in [0.25, 0.3) is 0 Å². The SMILES string of the molecule is CC(C)(C)OC(=O)Nc1ccc(C(Cl)CC(=O)O)cc1. The number of nitrogens with one attached hydrogen (secondary N) is 1. The maximum atomic E-state index is 11.6. The van der Waals surface area contributed by atoms with Gasteiger partial charge in [0.05, 0.1) is 11.8 Å². The number of carbonyl (C=O) groups is 2. The summed E-state index contributed by atoms with van der Waals surface area (Å²) in [5.74, 6) is -0.957. The molecule has 5 nitrogen and oxygen atoms in total. The Morgan fingerprint density at radius 3 is 2.30 bits per heavy atom. The highest BCUT2D eigenvalue weighted by Gasteiger charge is 2.16. The average molecular weight is 300 g/mol. The summed E-state index contributed by atoms with van der Waals surface area (Å²) in [6.07, 6.45) is -0.696. The summed E-state index contributed by atoms with van der Waals surface area (Å²) in [7, 11) is 0. The molecular formula is C14H18ClNO4.